The average molecular weight is 284 g/mol. The molecular weight excluding hydrogens is 279 g/mol. The van der Waals surface area contributed by atoms with Gasteiger partial charge in [-0.2, -0.15) is 0 Å². The Balaban J connectivity index is 2.61. The van der Waals surface area contributed by atoms with Crippen molar-refractivity contribution >= 4 is 49.4 Å². The van der Waals surface area contributed by atoms with Crippen molar-refractivity contribution in [2.45, 2.75) is 0 Å². The molecule has 0 fully saturated rings. The summed E-state index contributed by atoms with van der Waals surface area (Å²) in [5, 5.41) is 2.10. The Bertz CT molecular complexity index is 665. The molecule has 3 aromatic rings. The van der Waals surface area contributed by atoms with E-state index in [1.807, 2.05) is 12.1 Å². The number of fused-ring (bicyclic) bond motifs is 3. The highest BCUT2D eigenvalue weighted by Crippen LogP contribution is 2.31. The van der Waals surface area contributed by atoms with Crippen LogP contribution in [0.25, 0.3) is 21.9 Å². The minimum atomic E-state index is 0.231. The highest BCUT2D eigenvalue weighted by atomic mass is 79.9. The summed E-state index contributed by atoms with van der Waals surface area (Å²) in [4.78, 5) is 8.10. The summed E-state index contributed by atoms with van der Waals surface area (Å²) in [6.07, 6.45) is 3.31. The van der Waals surface area contributed by atoms with Crippen LogP contribution < -0.4 is 0 Å². The van der Waals surface area contributed by atoms with Gasteiger partial charge in [-0.3, -0.25) is 0 Å². The van der Waals surface area contributed by atoms with Crippen LogP contribution in [0.15, 0.2) is 33.5 Å². The standard InChI is InChI=1S/C10H4BrClN2O/c11-7-3-5-1-2-15-9(5)6-4-13-10(12)14-8(6)7/h1-4H. The van der Waals surface area contributed by atoms with Crippen LogP contribution >= 0.6 is 27.5 Å². The van der Waals surface area contributed by atoms with E-state index in [0.717, 1.165) is 26.3 Å². The van der Waals surface area contributed by atoms with E-state index in [0.29, 0.717) is 0 Å². The number of rotatable bonds is 0. The van der Waals surface area contributed by atoms with Gasteiger partial charge in [0.1, 0.15) is 5.58 Å². The normalized spacial score (nSPS) is 11.3. The highest BCUT2D eigenvalue weighted by Gasteiger charge is 2.09. The quantitative estimate of drug-likeness (QED) is 0.589. The summed E-state index contributed by atoms with van der Waals surface area (Å²) in [5.41, 5.74) is 1.54. The second-order valence-corrected chi connectivity index (χ2v) is 4.29. The van der Waals surface area contributed by atoms with Crippen molar-refractivity contribution in [3.8, 4) is 0 Å². The number of nitrogens with zero attached hydrogens (tertiary/aromatic N) is 2. The Hall–Kier alpha value is -1.13. The van der Waals surface area contributed by atoms with Gasteiger partial charge in [0.05, 0.1) is 17.2 Å². The van der Waals surface area contributed by atoms with Gasteiger partial charge in [0.25, 0.3) is 0 Å². The third kappa shape index (κ3) is 1.33. The first-order valence-corrected chi connectivity index (χ1v) is 5.41. The van der Waals surface area contributed by atoms with Crippen LogP contribution in [-0.2, 0) is 0 Å². The molecule has 0 unspecified atom stereocenters. The van der Waals surface area contributed by atoms with E-state index in [2.05, 4.69) is 25.9 Å². The molecule has 0 N–H and O–H groups in total. The predicted octanol–water partition coefficient (Wildman–Crippen LogP) is 3.79. The molecule has 5 heteroatoms. The van der Waals surface area contributed by atoms with Gasteiger partial charge in [0, 0.05) is 16.1 Å². The minimum Gasteiger partial charge on any atom is -0.464 e. The second-order valence-electron chi connectivity index (χ2n) is 3.10. The first-order chi connectivity index (χ1) is 7.25. The molecule has 0 saturated heterocycles. The molecule has 0 aliphatic heterocycles. The third-order valence-corrected chi connectivity index (χ3v) is 2.99. The van der Waals surface area contributed by atoms with E-state index in [4.69, 9.17) is 16.0 Å². The number of halogens is 2. The molecule has 3 rings (SSSR count). The molecular formula is C10H4BrClN2O. The Morgan fingerprint density at radius 3 is 3.13 bits per heavy atom. The lowest BCUT2D eigenvalue weighted by molar-refractivity contribution is 0.619. The Kier molecular flexibility index (Phi) is 1.94. The van der Waals surface area contributed by atoms with Gasteiger partial charge in [-0.15, -0.1) is 0 Å². The lowest BCUT2D eigenvalue weighted by Gasteiger charge is -2.00. The molecule has 0 radical (unpaired) electrons. The van der Waals surface area contributed by atoms with E-state index in [1.165, 1.54) is 0 Å². The number of benzene rings is 1. The van der Waals surface area contributed by atoms with Crippen LogP contribution in [0.4, 0.5) is 0 Å². The monoisotopic (exact) mass is 282 g/mol. The minimum absolute atomic E-state index is 0.231. The molecule has 74 valence electrons. The Morgan fingerprint density at radius 1 is 1.40 bits per heavy atom. The third-order valence-electron chi connectivity index (χ3n) is 2.21. The molecule has 0 amide bonds. The Labute approximate surface area is 98.2 Å². The van der Waals surface area contributed by atoms with Gasteiger partial charge in [-0.05, 0) is 39.7 Å². The van der Waals surface area contributed by atoms with Gasteiger partial charge in [0.2, 0.25) is 5.28 Å². The summed E-state index contributed by atoms with van der Waals surface area (Å²) in [6.45, 7) is 0. The smallest absolute Gasteiger partial charge is 0.222 e. The van der Waals surface area contributed by atoms with Crippen LogP contribution in [0.2, 0.25) is 5.28 Å². The highest BCUT2D eigenvalue weighted by molar-refractivity contribution is 9.10. The van der Waals surface area contributed by atoms with Crippen molar-refractivity contribution in [3.05, 3.63) is 34.3 Å². The molecule has 2 aromatic heterocycles. The average Bonchev–Trinajstić information content (AvgIpc) is 2.66. The molecule has 0 aliphatic rings. The zero-order valence-electron chi connectivity index (χ0n) is 7.37. The molecule has 3 nitrogen and oxygen atoms in total. The SMILES string of the molecule is Clc1ncc2c(n1)c(Br)cc1ccoc12. The fourth-order valence-electron chi connectivity index (χ4n) is 1.57. The zero-order valence-corrected chi connectivity index (χ0v) is 9.71. The van der Waals surface area contributed by atoms with Crippen molar-refractivity contribution < 1.29 is 4.42 Å². The molecule has 0 bridgehead atoms. The van der Waals surface area contributed by atoms with Crippen LogP contribution in [0.5, 0.6) is 0 Å². The fraction of sp³-hybridized carbons (Fsp3) is 0. The van der Waals surface area contributed by atoms with Gasteiger partial charge in [-0.1, -0.05) is 0 Å². The van der Waals surface area contributed by atoms with E-state index in [9.17, 15) is 0 Å². The largest absolute Gasteiger partial charge is 0.464 e. The fourth-order valence-corrected chi connectivity index (χ4v) is 2.25. The first kappa shape index (κ1) is 9.12. The summed E-state index contributed by atoms with van der Waals surface area (Å²) < 4.78 is 6.27. The maximum absolute atomic E-state index is 5.74. The van der Waals surface area contributed by atoms with Crippen LogP contribution in [0, 0.1) is 0 Å². The van der Waals surface area contributed by atoms with Crippen LogP contribution in [-0.4, -0.2) is 9.97 Å². The molecule has 1 aromatic carbocycles. The van der Waals surface area contributed by atoms with Crippen LogP contribution in [0.3, 0.4) is 0 Å². The first-order valence-electron chi connectivity index (χ1n) is 4.23. The summed E-state index contributed by atoms with van der Waals surface area (Å²) in [7, 11) is 0. The van der Waals surface area contributed by atoms with Crippen LogP contribution in [0.1, 0.15) is 0 Å². The van der Waals surface area contributed by atoms with Gasteiger partial charge in [-0.25, -0.2) is 9.97 Å². The van der Waals surface area contributed by atoms with E-state index >= 15 is 0 Å². The maximum atomic E-state index is 5.74. The van der Waals surface area contributed by atoms with Crippen molar-refractivity contribution in [2.24, 2.45) is 0 Å². The van der Waals surface area contributed by atoms with Crippen molar-refractivity contribution in [3.63, 3.8) is 0 Å². The summed E-state index contributed by atoms with van der Waals surface area (Å²) in [6, 6.07) is 3.85. The van der Waals surface area contributed by atoms with Gasteiger partial charge < -0.3 is 4.42 Å². The van der Waals surface area contributed by atoms with Crippen molar-refractivity contribution in [1.29, 1.82) is 0 Å². The predicted molar refractivity (Wildman–Crippen MR) is 62.0 cm³/mol. The molecule has 2 heterocycles. The zero-order chi connectivity index (χ0) is 10.4. The molecule has 0 aliphatic carbocycles. The Morgan fingerprint density at radius 2 is 2.27 bits per heavy atom. The lowest BCUT2D eigenvalue weighted by atomic mass is 10.2. The lowest BCUT2D eigenvalue weighted by Crippen LogP contribution is -1.85. The van der Waals surface area contributed by atoms with Crippen molar-refractivity contribution in [2.75, 3.05) is 0 Å². The van der Waals surface area contributed by atoms with E-state index in [1.54, 1.807) is 12.5 Å². The number of aromatic nitrogens is 2. The van der Waals surface area contributed by atoms with Gasteiger partial charge in [0.15, 0.2) is 0 Å². The number of hydrogen-bond acceptors (Lipinski definition) is 3. The molecule has 0 spiro atoms. The maximum Gasteiger partial charge on any atom is 0.222 e. The van der Waals surface area contributed by atoms with E-state index < -0.39 is 0 Å². The number of hydrogen-bond donors (Lipinski definition) is 0. The number of furan rings is 1. The summed E-state index contributed by atoms with van der Waals surface area (Å²) >= 11 is 9.19. The molecule has 15 heavy (non-hydrogen) atoms. The van der Waals surface area contributed by atoms with Crippen molar-refractivity contribution in [1.82, 2.24) is 9.97 Å². The van der Waals surface area contributed by atoms with Gasteiger partial charge >= 0.3 is 0 Å². The second kappa shape index (κ2) is 3.18. The summed E-state index contributed by atoms with van der Waals surface area (Å²) in [5.74, 6) is 0. The topological polar surface area (TPSA) is 38.9 Å². The van der Waals surface area contributed by atoms with E-state index in [-0.39, 0.29) is 5.28 Å². The molecule has 0 saturated carbocycles. The molecule has 0 atom stereocenters.